The van der Waals surface area contributed by atoms with E-state index in [1.165, 1.54) is 6.92 Å². The van der Waals surface area contributed by atoms with E-state index in [1.807, 2.05) is 42.5 Å². The number of nitrogens with one attached hydrogen (secondary N) is 1. The number of aliphatic hydroxyl groups is 1. The summed E-state index contributed by atoms with van der Waals surface area (Å²) in [6, 6.07) is 23.8. The van der Waals surface area contributed by atoms with E-state index in [9.17, 15) is 9.90 Å². The molecular formula is C21H18ClNO2. The maximum absolute atomic E-state index is 11.7. The van der Waals surface area contributed by atoms with Crippen LogP contribution in [-0.4, -0.2) is 11.0 Å². The minimum atomic E-state index is -1.35. The summed E-state index contributed by atoms with van der Waals surface area (Å²) in [5.74, 6) is -0.138. The number of hydrogen-bond donors (Lipinski definition) is 2. The van der Waals surface area contributed by atoms with Crippen molar-refractivity contribution in [2.75, 3.05) is 5.32 Å². The topological polar surface area (TPSA) is 49.3 Å². The molecule has 3 aromatic rings. The fourth-order valence-corrected chi connectivity index (χ4v) is 3.08. The van der Waals surface area contributed by atoms with E-state index in [4.69, 9.17) is 11.6 Å². The summed E-state index contributed by atoms with van der Waals surface area (Å²) in [7, 11) is 0. The third kappa shape index (κ3) is 3.58. The summed E-state index contributed by atoms with van der Waals surface area (Å²) in [6.45, 7) is 1.46. The number of benzene rings is 3. The Morgan fingerprint density at radius 2 is 1.48 bits per heavy atom. The molecule has 4 heteroatoms. The molecule has 0 aliphatic rings. The molecule has 0 fully saturated rings. The van der Waals surface area contributed by atoms with Gasteiger partial charge in [0.1, 0.15) is 5.60 Å². The van der Waals surface area contributed by atoms with Gasteiger partial charge in [0.15, 0.2) is 0 Å². The van der Waals surface area contributed by atoms with Crippen LogP contribution in [0.25, 0.3) is 0 Å². The quantitative estimate of drug-likeness (QED) is 0.676. The van der Waals surface area contributed by atoms with Crippen LogP contribution in [-0.2, 0) is 10.4 Å². The fourth-order valence-electron chi connectivity index (χ4n) is 2.89. The van der Waals surface area contributed by atoms with Crippen LogP contribution in [0.3, 0.4) is 0 Å². The molecule has 0 saturated heterocycles. The van der Waals surface area contributed by atoms with Crippen LogP contribution in [0.15, 0.2) is 78.9 Å². The predicted octanol–water partition coefficient (Wildman–Crippen LogP) is 4.58. The predicted molar refractivity (Wildman–Crippen MR) is 101 cm³/mol. The molecule has 0 saturated carbocycles. The Hall–Kier alpha value is -2.62. The molecule has 3 rings (SSSR count). The smallest absolute Gasteiger partial charge is 0.221 e. The molecule has 3 nitrogen and oxygen atoms in total. The van der Waals surface area contributed by atoms with Gasteiger partial charge in [-0.05, 0) is 41.0 Å². The highest BCUT2D eigenvalue weighted by Crippen LogP contribution is 2.37. The van der Waals surface area contributed by atoms with Crippen LogP contribution in [0.5, 0.6) is 0 Å². The van der Waals surface area contributed by atoms with E-state index >= 15 is 0 Å². The van der Waals surface area contributed by atoms with Gasteiger partial charge >= 0.3 is 0 Å². The monoisotopic (exact) mass is 351 g/mol. The van der Waals surface area contributed by atoms with Crippen LogP contribution in [0, 0.1) is 0 Å². The van der Waals surface area contributed by atoms with Crippen molar-refractivity contribution >= 4 is 23.2 Å². The first kappa shape index (κ1) is 17.2. The molecule has 1 amide bonds. The van der Waals surface area contributed by atoms with Gasteiger partial charge in [0.05, 0.1) is 0 Å². The van der Waals surface area contributed by atoms with Gasteiger partial charge in [-0.25, -0.2) is 0 Å². The zero-order valence-electron chi connectivity index (χ0n) is 13.7. The fraction of sp³-hybridized carbons (Fsp3) is 0.0952. The van der Waals surface area contributed by atoms with Gasteiger partial charge < -0.3 is 10.4 Å². The molecule has 0 aliphatic carbocycles. The van der Waals surface area contributed by atoms with Gasteiger partial charge in [0, 0.05) is 17.6 Å². The Balaban J connectivity index is 2.13. The lowest BCUT2D eigenvalue weighted by Crippen LogP contribution is -2.28. The van der Waals surface area contributed by atoms with Crippen molar-refractivity contribution in [3.8, 4) is 0 Å². The molecular weight excluding hydrogens is 334 g/mol. The molecule has 25 heavy (non-hydrogen) atoms. The van der Waals surface area contributed by atoms with E-state index in [2.05, 4.69) is 5.32 Å². The SMILES string of the molecule is CC(=O)Nc1ccc(C(O)(c2ccccc2)c2cccc(Cl)c2)cc1. The van der Waals surface area contributed by atoms with E-state index in [1.54, 1.807) is 36.4 Å². The second kappa shape index (κ2) is 7.09. The van der Waals surface area contributed by atoms with Gasteiger partial charge in [-0.2, -0.15) is 0 Å². The second-order valence-electron chi connectivity index (χ2n) is 5.85. The van der Waals surface area contributed by atoms with Gasteiger partial charge in [-0.1, -0.05) is 66.2 Å². The van der Waals surface area contributed by atoms with Crippen molar-refractivity contribution in [2.24, 2.45) is 0 Å². The van der Waals surface area contributed by atoms with Crippen molar-refractivity contribution < 1.29 is 9.90 Å². The lowest BCUT2D eigenvalue weighted by Gasteiger charge is -2.30. The van der Waals surface area contributed by atoms with Gasteiger partial charge in [-0.15, -0.1) is 0 Å². The Morgan fingerprint density at radius 3 is 2.08 bits per heavy atom. The number of anilines is 1. The molecule has 3 aromatic carbocycles. The maximum atomic E-state index is 11.7. The molecule has 1 unspecified atom stereocenters. The first-order chi connectivity index (χ1) is 12.0. The van der Waals surface area contributed by atoms with Crippen LogP contribution >= 0.6 is 11.6 Å². The van der Waals surface area contributed by atoms with E-state index < -0.39 is 5.60 Å². The summed E-state index contributed by atoms with van der Waals surface area (Å²) < 4.78 is 0. The van der Waals surface area contributed by atoms with Crippen molar-refractivity contribution in [3.05, 3.63) is 101 Å². The van der Waals surface area contributed by atoms with Gasteiger partial charge in [0.25, 0.3) is 0 Å². The highest BCUT2D eigenvalue weighted by molar-refractivity contribution is 6.30. The summed E-state index contributed by atoms with van der Waals surface area (Å²) in [6.07, 6.45) is 0. The summed E-state index contributed by atoms with van der Waals surface area (Å²) in [4.78, 5) is 11.2. The first-order valence-electron chi connectivity index (χ1n) is 7.92. The Labute approximate surface area is 151 Å². The number of carbonyl (C=O) groups is 1. The number of carbonyl (C=O) groups excluding carboxylic acids is 1. The number of halogens is 1. The van der Waals surface area contributed by atoms with Gasteiger partial charge in [0.2, 0.25) is 5.91 Å². The number of rotatable bonds is 4. The van der Waals surface area contributed by atoms with Gasteiger partial charge in [-0.3, -0.25) is 4.79 Å². The minimum Gasteiger partial charge on any atom is -0.376 e. The largest absolute Gasteiger partial charge is 0.376 e. The van der Waals surface area contributed by atoms with Crippen molar-refractivity contribution in [1.29, 1.82) is 0 Å². The summed E-state index contributed by atoms with van der Waals surface area (Å²) in [5, 5.41) is 15.0. The normalized spacial score (nSPS) is 13.1. The van der Waals surface area contributed by atoms with E-state index in [0.717, 1.165) is 5.56 Å². The highest BCUT2D eigenvalue weighted by atomic mass is 35.5. The van der Waals surface area contributed by atoms with Crippen molar-refractivity contribution in [2.45, 2.75) is 12.5 Å². The molecule has 126 valence electrons. The molecule has 2 N–H and O–H groups in total. The number of hydrogen-bond acceptors (Lipinski definition) is 2. The molecule has 0 heterocycles. The zero-order valence-corrected chi connectivity index (χ0v) is 14.5. The third-order valence-corrected chi connectivity index (χ3v) is 4.29. The minimum absolute atomic E-state index is 0.138. The Bertz CT molecular complexity index is 878. The Morgan fingerprint density at radius 1 is 0.880 bits per heavy atom. The number of amides is 1. The third-order valence-electron chi connectivity index (χ3n) is 4.06. The molecule has 0 radical (unpaired) electrons. The average molecular weight is 352 g/mol. The van der Waals surface area contributed by atoms with Crippen LogP contribution in [0.1, 0.15) is 23.6 Å². The molecule has 0 aliphatic heterocycles. The van der Waals surface area contributed by atoms with Crippen LogP contribution < -0.4 is 5.32 Å². The second-order valence-corrected chi connectivity index (χ2v) is 6.28. The van der Waals surface area contributed by atoms with Crippen molar-refractivity contribution in [3.63, 3.8) is 0 Å². The van der Waals surface area contributed by atoms with Crippen molar-refractivity contribution in [1.82, 2.24) is 0 Å². The summed E-state index contributed by atoms with van der Waals surface area (Å²) in [5.41, 5.74) is 1.44. The standard InChI is InChI=1S/C21H18ClNO2/c1-15(24)23-20-12-10-17(11-13-20)21(25,16-6-3-2-4-7-16)18-8-5-9-19(22)14-18/h2-14,25H,1H3,(H,23,24). The highest BCUT2D eigenvalue weighted by Gasteiger charge is 2.33. The van der Waals surface area contributed by atoms with Crippen LogP contribution in [0.4, 0.5) is 5.69 Å². The molecule has 0 spiro atoms. The maximum Gasteiger partial charge on any atom is 0.221 e. The zero-order chi connectivity index (χ0) is 17.9. The molecule has 0 aromatic heterocycles. The lowest BCUT2D eigenvalue weighted by molar-refractivity contribution is -0.114. The molecule has 0 bridgehead atoms. The lowest BCUT2D eigenvalue weighted by atomic mass is 9.80. The summed E-state index contributed by atoms with van der Waals surface area (Å²) >= 11 is 6.15. The van der Waals surface area contributed by atoms with Crippen LogP contribution in [0.2, 0.25) is 5.02 Å². The van der Waals surface area contributed by atoms with E-state index in [0.29, 0.717) is 21.8 Å². The molecule has 1 atom stereocenters. The van der Waals surface area contributed by atoms with E-state index in [-0.39, 0.29) is 5.91 Å². The first-order valence-corrected chi connectivity index (χ1v) is 8.30. The average Bonchev–Trinajstić information content (AvgIpc) is 2.62. The Kier molecular flexibility index (Phi) is 4.88.